The Morgan fingerprint density at radius 1 is 1.29 bits per heavy atom. The smallest absolute Gasteiger partial charge is 0.319 e. The zero-order chi connectivity index (χ0) is 15.8. The minimum Gasteiger partial charge on any atom is -0.481 e. The average Bonchev–Trinajstić information content (AvgIpc) is 2.39. The number of benzene rings is 1. The molecule has 5 nitrogen and oxygen atoms in total. The van der Waals surface area contributed by atoms with Crippen LogP contribution in [0.4, 0.5) is 19.3 Å². The first-order valence-corrected chi connectivity index (χ1v) is 6.60. The number of anilines is 1. The van der Waals surface area contributed by atoms with Gasteiger partial charge >= 0.3 is 12.0 Å². The Labute approximate surface area is 121 Å². The maximum absolute atomic E-state index is 13.3. The topological polar surface area (TPSA) is 78.4 Å². The maximum atomic E-state index is 13.3. The number of hydrogen-bond acceptors (Lipinski definition) is 2. The van der Waals surface area contributed by atoms with E-state index >= 15 is 0 Å². The van der Waals surface area contributed by atoms with Crippen LogP contribution >= 0.6 is 0 Å². The standard InChI is InChI=1S/C14H18F2N2O3/c1-9(2-5-13(19)20)6-7-17-14(21)18-12-4-3-10(15)8-11(12)16/h3-4,8-9H,2,5-7H2,1H3,(H,19,20)(H2,17,18,21). The van der Waals surface area contributed by atoms with Crippen molar-refractivity contribution >= 4 is 17.7 Å². The normalized spacial score (nSPS) is 11.8. The predicted molar refractivity (Wildman–Crippen MR) is 74.0 cm³/mol. The van der Waals surface area contributed by atoms with Gasteiger partial charge in [0.2, 0.25) is 0 Å². The van der Waals surface area contributed by atoms with Crippen LogP contribution in [0.5, 0.6) is 0 Å². The Morgan fingerprint density at radius 2 is 2.00 bits per heavy atom. The summed E-state index contributed by atoms with van der Waals surface area (Å²) < 4.78 is 26.0. The first kappa shape index (κ1) is 16.9. The van der Waals surface area contributed by atoms with E-state index in [1.165, 1.54) is 0 Å². The summed E-state index contributed by atoms with van der Waals surface area (Å²) >= 11 is 0. The van der Waals surface area contributed by atoms with Crippen LogP contribution in [0, 0.1) is 17.6 Å². The molecular weight excluding hydrogens is 282 g/mol. The van der Waals surface area contributed by atoms with Gasteiger partial charge in [-0.3, -0.25) is 4.79 Å². The molecule has 21 heavy (non-hydrogen) atoms. The van der Waals surface area contributed by atoms with Crippen molar-refractivity contribution in [3.8, 4) is 0 Å². The van der Waals surface area contributed by atoms with Crippen LogP contribution in [-0.4, -0.2) is 23.7 Å². The van der Waals surface area contributed by atoms with E-state index in [1.807, 2.05) is 6.92 Å². The highest BCUT2D eigenvalue weighted by atomic mass is 19.1. The quantitative estimate of drug-likeness (QED) is 0.724. The third kappa shape index (κ3) is 6.69. The van der Waals surface area contributed by atoms with E-state index in [2.05, 4.69) is 10.6 Å². The van der Waals surface area contributed by atoms with Crippen molar-refractivity contribution < 1.29 is 23.5 Å². The summed E-state index contributed by atoms with van der Waals surface area (Å²) in [6.45, 7) is 2.23. The van der Waals surface area contributed by atoms with Gasteiger partial charge < -0.3 is 15.7 Å². The van der Waals surface area contributed by atoms with Gasteiger partial charge in [0.1, 0.15) is 11.6 Å². The molecule has 0 radical (unpaired) electrons. The minimum absolute atomic E-state index is 0.0914. The Kier molecular flexibility index (Phi) is 6.58. The number of carbonyl (C=O) groups excluding carboxylic acids is 1. The van der Waals surface area contributed by atoms with Crippen molar-refractivity contribution in [2.75, 3.05) is 11.9 Å². The van der Waals surface area contributed by atoms with Crippen molar-refractivity contribution in [2.45, 2.75) is 26.2 Å². The molecule has 0 saturated heterocycles. The summed E-state index contributed by atoms with van der Waals surface area (Å²) in [6.07, 6.45) is 1.24. The molecule has 1 aromatic rings. The molecule has 1 atom stereocenters. The van der Waals surface area contributed by atoms with E-state index in [0.29, 0.717) is 25.5 Å². The average molecular weight is 300 g/mol. The van der Waals surface area contributed by atoms with Crippen LogP contribution in [0.3, 0.4) is 0 Å². The first-order chi connectivity index (χ1) is 9.88. The molecule has 3 N–H and O–H groups in total. The molecular formula is C14H18F2N2O3. The Hall–Kier alpha value is -2.18. The fraction of sp³-hybridized carbons (Fsp3) is 0.429. The first-order valence-electron chi connectivity index (χ1n) is 6.60. The number of amides is 2. The molecule has 0 aromatic heterocycles. The number of rotatable bonds is 7. The van der Waals surface area contributed by atoms with Gasteiger partial charge in [-0.15, -0.1) is 0 Å². The Balaban J connectivity index is 2.29. The third-order valence-electron chi connectivity index (χ3n) is 2.95. The number of hydrogen-bond donors (Lipinski definition) is 3. The number of carboxylic acids is 1. The van der Waals surface area contributed by atoms with Crippen molar-refractivity contribution in [2.24, 2.45) is 5.92 Å². The van der Waals surface area contributed by atoms with Gasteiger partial charge in [0.25, 0.3) is 0 Å². The highest BCUT2D eigenvalue weighted by Crippen LogP contribution is 2.14. The molecule has 0 heterocycles. The number of aliphatic carboxylic acids is 1. The second kappa shape index (κ2) is 8.18. The van der Waals surface area contributed by atoms with E-state index in [4.69, 9.17) is 5.11 Å². The molecule has 0 bridgehead atoms. The molecule has 2 amide bonds. The van der Waals surface area contributed by atoms with Crippen LogP contribution in [-0.2, 0) is 4.79 Å². The highest BCUT2D eigenvalue weighted by Gasteiger charge is 2.09. The van der Waals surface area contributed by atoms with E-state index in [0.717, 1.165) is 12.1 Å². The van der Waals surface area contributed by atoms with Crippen molar-refractivity contribution in [1.82, 2.24) is 5.32 Å². The number of urea groups is 1. The lowest BCUT2D eigenvalue weighted by atomic mass is 10.0. The summed E-state index contributed by atoms with van der Waals surface area (Å²) in [6, 6.07) is 2.28. The van der Waals surface area contributed by atoms with Gasteiger partial charge in [-0.05, 0) is 30.9 Å². The summed E-state index contributed by atoms with van der Waals surface area (Å²) in [7, 11) is 0. The summed E-state index contributed by atoms with van der Waals surface area (Å²) in [5.74, 6) is -2.26. The number of nitrogens with one attached hydrogen (secondary N) is 2. The highest BCUT2D eigenvalue weighted by molar-refractivity contribution is 5.89. The molecule has 0 aliphatic heterocycles. The second-order valence-electron chi connectivity index (χ2n) is 4.83. The molecule has 0 aliphatic rings. The molecule has 0 aliphatic carbocycles. The second-order valence-corrected chi connectivity index (χ2v) is 4.83. The van der Waals surface area contributed by atoms with Gasteiger partial charge in [-0.25, -0.2) is 13.6 Å². The van der Waals surface area contributed by atoms with Crippen LogP contribution in [0.1, 0.15) is 26.2 Å². The molecule has 7 heteroatoms. The molecule has 1 rings (SSSR count). The molecule has 1 unspecified atom stereocenters. The Morgan fingerprint density at radius 3 is 2.62 bits per heavy atom. The Bertz CT molecular complexity index is 509. The van der Waals surface area contributed by atoms with Crippen LogP contribution in [0.2, 0.25) is 0 Å². The molecule has 116 valence electrons. The van der Waals surface area contributed by atoms with E-state index in [9.17, 15) is 18.4 Å². The number of halogens is 2. The SMILES string of the molecule is CC(CCNC(=O)Nc1ccc(F)cc1F)CCC(=O)O. The predicted octanol–water partition coefficient (Wildman–Crippen LogP) is 2.98. The fourth-order valence-electron chi connectivity index (χ4n) is 1.70. The number of carboxylic acid groups (broad SMARTS) is 1. The largest absolute Gasteiger partial charge is 0.481 e. The minimum atomic E-state index is -0.848. The summed E-state index contributed by atoms with van der Waals surface area (Å²) in [4.78, 5) is 21.9. The van der Waals surface area contributed by atoms with Crippen LogP contribution in [0.15, 0.2) is 18.2 Å². The van der Waals surface area contributed by atoms with Gasteiger partial charge in [0.15, 0.2) is 0 Å². The van der Waals surface area contributed by atoms with Crippen molar-refractivity contribution in [1.29, 1.82) is 0 Å². The zero-order valence-corrected chi connectivity index (χ0v) is 11.7. The van der Waals surface area contributed by atoms with Gasteiger partial charge in [0.05, 0.1) is 5.69 Å². The lowest BCUT2D eigenvalue weighted by Crippen LogP contribution is -2.30. The summed E-state index contributed by atoms with van der Waals surface area (Å²) in [5, 5.41) is 13.4. The molecule has 0 saturated carbocycles. The summed E-state index contributed by atoms with van der Waals surface area (Å²) in [5.41, 5.74) is -0.104. The van der Waals surface area contributed by atoms with Crippen molar-refractivity contribution in [3.05, 3.63) is 29.8 Å². The maximum Gasteiger partial charge on any atom is 0.319 e. The lowest BCUT2D eigenvalue weighted by Gasteiger charge is -2.12. The monoisotopic (exact) mass is 300 g/mol. The molecule has 0 fully saturated rings. The van der Waals surface area contributed by atoms with E-state index in [1.54, 1.807) is 0 Å². The molecule has 0 spiro atoms. The lowest BCUT2D eigenvalue weighted by molar-refractivity contribution is -0.137. The van der Waals surface area contributed by atoms with Crippen molar-refractivity contribution in [3.63, 3.8) is 0 Å². The molecule has 1 aromatic carbocycles. The van der Waals surface area contributed by atoms with E-state index < -0.39 is 23.6 Å². The fourth-order valence-corrected chi connectivity index (χ4v) is 1.70. The zero-order valence-electron chi connectivity index (χ0n) is 11.7. The van der Waals surface area contributed by atoms with E-state index in [-0.39, 0.29) is 18.0 Å². The van der Waals surface area contributed by atoms with Crippen LogP contribution in [0.25, 0.3) is 0 Å². The number of carbonyl (C=O) groups is 2. The van der Waals surface area contributed by atoms with Crippen LogP contribution < -0.4 is 10.6 Å². The third-order valence-corrected chi connectivity index (χ3v) is 2.95. The van der Waals surface area contributed by atoms with Gasteiger partial charge in [0, 0.05) is 19.0 Å². The van der Waals surface area contributed by atoms with Gasteiger partial charge in [-0.2, -0.15) is 0 Å². The van der Waals surface area contributed by atoms with Gasteiger partial charge in [-0.1, -0.05) is 6.92 Å².